The van der Waals surface area contributed by atoms with Crippen molar-refractivity contribution in [3.05, 3.63) is 63.1 Å². The van der Waals surface area contributed by atoms with Crippen molar-refractivity contribution in [2.45, 2.75) is 32.5 Å². The molecule has 0 atom stereocenters. The van der Waals surface area contributed by atoms with Crippen molar-refractivity contribution in [1.29, 1.82) is 0 Å². The average Bonchev–Trinajstić information content (AvgIpc) is 2.85. The van der Waals surface area contributed by atoms with E-state index in [9.17, 15) is 22.8 Å². The molecule has 2 aromatic rings. The lowest BCUT2D eigenvalue weighted by molar-refractivity contribution is -0.137. The first-order valence-corrected chi connectivity index (χ1v) is 9.49. The number of hydrogen-bond acceptors (Lipinski definition) is 3. The van der Waals surface area contributed by atoms with Gasteiger partial charge in [0.2, 0.25) is 0 Å². The number of carbonyl (C=O) groups is 2. The van der Waals surface area contributed by atoms with Gasteiger partial charge in [-0.15, -0.1) is 0 Å². The lowest BCUT2D eigenvalue weighted by Crippen LogP contribution is -2.38. The minimum absolute atomic E-state index is 0.00579. The zero-order chi connectivity index (χ0) is 22.4. The Labute approximate surface area is 180 Å². The molecule has 1 heterocycles. The summed E-state index contributed by atoms with van der Waals surface area (Å²) in [6.07, 6.45) is -4.28. The molecule has 2 amide bonds. The summed E-state index contributed by atoms with van der Waals surface area (Å²) in [7, 11) is 0. The summed E-state index contributed by atoms with van der Waals surface area (Å²) in [6.45, 7) is 4.93. The van der Waals surface area contributed by atoms with E-state index in [4.69, 9.17) is 27.9 Å². The van der Waals surface area contributed by atoms with Crippen molar-refractivity contribution in [2.75, 3.05) is 4.90 Å². The van der Waals surface area contributed by atoms with Gasteiger partial charge in [-0.2, -0.15) is 13.2 Å². The molecule has 2 aromatic carbocycles. The van der Waals surface area contributed by atoms with E-state index in [2.05, 4.69) is 0 Å². The second-order valence-electron chi connectivity index (χ2n) is 7.57. The number of amides is 2. The van der Waals surface area contributed by atoms with E-state index < -0.39 is 29.3 Å². The molecule has 30 heavy (non-hydrogen) atoms. The predicted molar refractivity (Wildman–Crippen MR) is 109 cm³/mol. The average molecular weight is 458 g/mol. The van der Waals surface area contributed by atoms with Crippen molar-refractivity contribution in [3.63, 3.8) is 0 Å². The molecule has 0 aromatic heterocycles. The molecular formula is C21H16Cl2F3NO3. The predicted octanol–water partition coefficient (Wildman–Crippen LogP) is 6.83. The molecule has 0 radical (unpaired) electrons. The molecule has 0 N–H and O–H groups in total. The molecule has 1 aliphatic rings. The van der Waals surface area contributed by atoms with E-state index in [1.54, 1.807) is 20.8 Å². The molecule has 0 bridgehead atoms. The van der Waals surface area contributed by atoms with Gasteiger partial charge in [0.25, 0.3) is 5.91 Å². The third-order valence-corrected chi connectivity index (χ3v) is 4.70. The van der Waals surface area contributed by atoms with Gasteiger partial charge in [0, 0.05) is 15.6 Å². The fourth-order valence-electron chi connectivity index (χ4n) is 2.88. The number of nitrogens with zero attached hydrogens (tertiary/aromatic N) is 1. The first-order valence-electron chi connectivity index (χ1n) is 8.74. The number of benzene rings is 2. The maximum Gasteiger partial charge on any atom is 0.422 e. The highest BCUT2D eigenvalue weighted by molar-refractivity contribution is 6.43. The van der Waals surface area contributed by atoms with Gasteiger partial charge < -0.3 is 4.74 Å². The standard InChI is InChI=1S/C21H16Cl2F3NO3/c1-20(2,3)30-19(29)27-17-10-13(22)5-6-14(17)15(18(27)28)9-11-8-12(21(24,25)26)4-7-16(11)23/h4-10H,1-3H3/b15-9+. The van der Waals surface area contributed by atoms with Crippen molar-refractivity contribution < 1.29 is 27.5 Å². The summed E-state index contributed by atoms with van der Waals surface area (Å²) in [5, 5.41) is 0.294. The summed E-state index contributed by atoms with van der Waals surface area (Å²) >= 11 is 12.1. The summed E-state index contributed by atoms with van der Waals surface area (Å²) in [5.41, 5.74) is -1.30. The molecule has 0 fully saturated rings. The molecule has 9 heteroatoms. The largest absolute Gasteiger partial charge is 0.443 e. The summed E-state index contributed by atoms with van der Waals surface area (Å²) < 4.78 is 44.5. The van der Waals surface area contributed by atoms with Crippen molar-refractivity contribution >= 4 is 52.5 Å². The van der Waals surface area contributed by atoms with Gasteiger partial charge in [0.15, 0.2) is 0 Å². The maximum atomic E-state index is 13.1. The number of imide groups is 1. The van der Waals surface area contributed by atoms with Crippen LogP contribution in [0.15, 0.2) is 36.4 Å². The van der Waals surface area contributed by atoms with Crippen LogP contribution in [-0.4, -0.2) is 17.6 Å². The SMILES string of the molecule is CC(C)(C)OC(=O)N1C(=O)/C(=C/c2cc(C(F)(F)F)ccc2Cl)c2ccc(Cl)cc21. The normalized spacial score (nSPS) is 15.5. The Balaban J connectivity index is 2.14. The Bertz CT molecular complexity index is 1070. The lowest BCUT2D eigenvalue weighted by Gasteiger charge is -2.23. The first kappa shape index (κ1) is 22.2. The van der Waals surface area contributed by atoms with Crippen LogP contribution >= 0.6 is 23.2 Å². The molecule has 158 valence electrons. The lowest BCUT2D eigenvalue weighted by atomic mass is 10.0. The Morgan fingerprint density at radius 3 is 2.33 bits per heavy atom. The van der Waals surface area contributed by atoms with Crippen LogP contribution in [0.25, 0.3) is 11.6 Å². The number of alkyl halides is 3. The van der Waals surface area contributed by atoms with Crippen LogP contribution in [0.5, 0.6) is 0 Å². The summed E-state index contributed by atoms with van der Waals surface area (Å²) in [6, 6.07) is 7.22. The van der Waals surface area contributed by atoms with E-state index in [0.29, 0.717) is 5.56 Å². The van der Waals surface area contributed by atoms with Gasteiger partial charge in [-0.1, -0.05) is 29.3 Å². The van der Waals surface area contributed by atoms with Crippen LogP contribution < -0.4 is 4.90 Å². The fraction of sp³-hybridized carbons (Fsp3) is 0.238. The minimum Gasteiger partial charge on any atom is -0.443 e. The van der Waals surface area contributed by atoms with E-state index in [1.807, 2.05) is 0 Å². The number of rotatable bonds is 1. The second kappa shape index (κ2) is 7.63. The molecule has 0 aliphatic carbocycles. The summed E-state index contributed by atoms with van der Waals surface area (Å²) in [4.78, 5) is 26.5. The molecular weight excluding hydrogens is 442 g/mol. The Kier molecular flexibility index (Phi) is 5.64. The molecule has 0 unspecified atom stereocenters. The topological polar surface area (TPSA) is 46.6 Å². The van der Waals surface area contributed by atoms with Gasteiger partial charge in [0.05, 0.1) is 16.8 Å². The van der Waals surface area contributed by atoms with Crippen molar-refractivity contribution in [1.82, 2.24) is 0 Å². The molecule has 1 aliphatic heterocycles. The first-order chi connectivity index (χ1) is 13.8. The number of anilines is 1. The highest BCUT2D eigenvalue weighted by atomic mass is 35.5. The zero-order valence-electron chi connectivity index (χ0n) is 16.1. The smallest absolute Gasteiger partial charge is 0.422 e. The Hall–Kier alpha value is -2.51. The number of halogens is 5. The quantitative estimate of drug-likeness (QED) is 0.440. The van der Waals surface area contributed by atoms with Crippen LogP contribution in [0.4, 0.5) is 23.7 Å². The maximum absolute atomic E-state index is 13.1. The molecule has 0 spiro atoms. The van der Waals surface area contributed by atoms with Crippen LogP contribution in [-0.2, 0) is 15.7 Å². The monoisotopic (exact) mass is 457 g/mol. The molecule has 0 saturated carbocycles. The summed E-state index contributed by atoms with van der Waals surface area (Å²) in [5.74, 6) is -0.755. The van der Waals surface area contributed by atoms with Gasteiger partial charge in [-0.05, 0) is 62.7 Å². The number of carbonyl (C=O) groups excluding carboxylic acids is 2. The van der Waals surface area contributed by atoms with Gasteiger partial charge in [0.1, 0.15) is 5.60 Å². The number of hydrogen-bond donors (Lipinski definition) is 0. The van der Waals surface area contributed by atoms with E-state index in [-0.39, 0.29) is 26.9 Å². The minimum atomic E-state index is -4.58. The van der Waals surface area contributed by atoms with E-state index >= 15 is 0 Å². The second-order valence-corrected chi connectivity index (χ2v) is 8.42. The van der Waals surface area contributed by atoms with Crippen molar-refractivity contribution in [2.24, 2.45) is 0 Å². The molecule has 4 nitrogen and oxygen atoms in total. The van der Waals surface area contributed by atoms with Crippen molar-refractivity contribution in [3.8, 4) is 0 Å². The Morgan fingerprint density at radius 1 is 1.07 bits per heavy atom. The number of ether oxygens (including phenoxy) is 1. The van der Waals surface area contributed by atoms with Crippen LogP contribution in [0, 0.1) is 0 Å². The number of fused-ring (bicyclic) bond motifs is 1. The zero-order valence-corrected chi connectivity index (χ0v) is 17.6. The molecule has 3 rings (SSSR count). The van der Waals surface area contributed by atoms with Gasteiger partial charge in [-0.3, -0.25) is 4.79 Å². The fourth-order valence-corrected chi connectivity index (χ4v) is 3.22. The third kappa shape index (κ3) is 4.47. The third-order valence-electron chi connectivity index (χ3n) is 4.12. The highest BCUT2D eigenvalue weighted by Crippen LogP contribution is 2.41. The Morgan fingerprint density at radius 2 is 1.73 bits per heavy atom. The van der Waals surface area contributed by atoms with Crippen LogP contribution in [0.3, 0.4) is 0 Å². The van der Waals surface area contributed by atoms with E-state index in [1.165, 1.54) is 24.3 Å². The van der Waals surface area contributed by atoms with E-state index in [0.717, 1.165) is 23.1 Å². The van der Waals surface area contributed by atoms with Gasteiger partial charge >= 0.3 is 12.3 Å². The highest BCUT2D eigenvalue weighted by Gasteiger charge is 2.39. The van der Waals surface area contributed by atoms with Crippen LogP contribution in [0.1, 0.15) is 37.5 Å². The van der Waals surface area contributed by atoms with Gasteiger partial charge in [-0.25, -0.2) is 9.69 Å². The molecule has 0 saturated heterocycles. The van der Waals surface area contributed by atoms with Crippen LogP contribution in [0.2, 0.25) is 10.0 Å².